The molecule has 4 aromatic rings. The van der Waals surface area contributed by atoms with E-state index in [1.54, 1.807) is 30.3 Å². The number of carbonyl (C=O) groups is 2. The Morgan fingerprint density at radius 2 is 1.76 bits per heavy atom. The molecule has 0 aliphatic carbocycles. The maximum Gasteiger partial charge on any atom is 0.416 e. The molecule has 4 rings (SSSR count). The van der Waals surface area contributed by atoms with Gasteiger partial charge in [-0.15, -0.1) is 10.2 Å². The van der Waals surface area contributed by atoms with Gasteiger partial charge in [-0.3, -0.25) is 14.2 Å². The molecule has 0 spiro atoms. The third-order valence-electron chi connectivity index (χ3n) is 5.53. The fourth-order valence-electron chi connectivity index (χ4n) is 3.55. The first kappa shape index (κ1) is 31.0. The van der Waals surface area contributed by atoms with Crippen molar-refractivity contribution in [3.63, 3.8) is 0 Å². The van der Waals surface area contributed by atoms with Gasteiger partial charge in [0.15, 0.2) is 17.6 Å². The molecule has 0 fully saturated rings. The van der Waals surface area contributed by atoms with Gasteiger partial charge in [0.25, 0.3) is 5.91 Å². The van der Waals surface area contributed by atoms with Crippen LogP contribution in [0.15, 0.2) is 71.9 Å². The van der Waals surface area contributed by atoms with E-state index < -0.39 is 24.3 Å². The van der Waals surface area contributed by atoms with Crippen LogP contribution >= 0.6 is 35.0 Å². The smallest absolute Gasteiger partial charge is 0.416 e. The van der Waals surface area contributed by atoms with E-state index in [1.165, 1.54) is 35.9 Å². The van der Waals surface area contributed by atoms with Gasteiger partial charge in [-0.1, -0.05) is 41.0 Å². The molecule has 2 amide bonds. The quantitative estimate of drug-likeness (QED) is 0.193. The number of hydrogen-bond donors (Lipinski definition) is 2. The van der Waals surface area contributed by atoms with Gasteiger partial charge in [0.1, 0.15) is 11.5 Å². The average molecular weight is 640 g/mol. The summed E-state index contributed by atoms with van der Waals surface area (Å²) in [5.74, 6) is -0.0495. The summed E-state index contributed by atoms with van der Waals surface area (Å²) in [6.07, 6.45) is -4.59. The lowest BCUT2D eigenvalue weighted by Gasteiger charge is -2.14. The molecule has 0 unspecified atom stereocenters. The molecule has 0 saturated heterocycles. The first-order chi connectivity index (χ1) is 20.0. The number of ether oxygens (including phenoxy) is 2. The summed E-state index contributed by atoms with van der Waals surface area (Å²) in [5.41, 5.74) is -0.252. The van der Waals surface area contributed by atoms with Crippen LogP contribution in [0.25, 0.3) is 5.69 Å². The van der Waals surface area contributed by atoms with Crippen molar-refractivity contribution in [1.82, 2.24) is 20.1 Å². The number of rotatable bonds is 11. The van der Waals surface area contributed by atoms with Crippen LogP contribution in [0.3, 0.4) is 0 Å². The van der Waals surface area contributed by atoms with Gasteiger partial charge in [-0.05, 0) is 60.7 Å². The number of thioether (sulfide) groups is 1. The molecule has 3 aromatic carbocycles. The highest BCUT2D eigenvalue weighted by atomic mass is 35.5. The Morgan fingerprint density at radius 3 is 2.45 bits per heavy atom. The molecular formula is C27H22Cl2F3N5O4S. The van der Waals surface area contributed by atoms with Crippen LogP contribution in [-0.2, 0) is 22.3 Å². The van der Waals surface area contributed by atoms with Crippen LogP contribution in [0.2, 0.25) is 10.0 Å². The summed E-state index contributed by atoms with van der Waals surface area (Å²) in [5, 5.41) is 14.2. The first-order valence-corrected chi connectivity index (χ1v) is 13.8. The number of anilines is 1. The molecule has 0 radical (unpaired) electrons. The number of amides is 2. The molecule has 2 N–H and O–H groups in total. The van der Waals surface area contributed by atoms with E-state index in [0.29, 0.717) is 16.5 Å². The summed E-state index contributed by atoms with van der Waals surface area (Å²) >= 11 is 12.9. The maximum atomic E-state index is 13.5. The largest absolute Gasteiger partial charge is 0.497 e. The molecule has 0 atom stereocenters. The lowest BCUT2D eigenvalue weighted by molar-refractivity contribution is -0.137. The lowest BCUT2D eigenvalue weighted by atomic mass is 10.2. The molecule has 9 nitrogen and oxygen atoms in total. The fourth-order valence-corrected chi connectivity index (χ4v) is 4.79. The van der Waals surface area contributed by atoms with Crippen molar-refractivity contribution in [2.45, 2.75) is 17.9 Å². The van der Waals surface area contributed by atoms with Gasteiger partial charge in [0, 0.05) is 10.7 Å². The minimum Gasteiger partial charge on any atom is -0.497 e. The minimum absolute atomic E-state index is 0.0985. The van der Waals surface area contributed by atoms with Crippen LogP contribution in [0.1, 0.15) is 11.4 Å². The van der Waals surface area contributed by atoms with E-state index in [4.69, 9.17) is 32.7 Å². The minimum atomic E-state index is -4.59. The number of hydrogen-bond acceptors (Lipinski definition) is 7. The van der Waals surface area contributed by atoms with Crippen molar-refractivity contribution in [2.75, 3.05) is 24.8 Å². The van der Waals surface area contributed by atoms with Gasteiger partial charge < -0.3 is 20.1 Å². The summed E-state index contributed by atoms with van der Waals surface area (Å²) in [4.78, 5) is 25.0. The summed E-state index contributed by atoms with van der Waals surface area (Å²) in [6, 6.07) is 15.8. The van der Waals surface area contributed by atoms with Crippen LogP contribution in [0, 0.1) is 0 Å². The topological polar surface area (TPSA) is 107 Å². The molecule has 1 heterocycles. The number of nitrogens with one attached hydrogen (secondary N) is 2. The summed E-state index contributed by atoms with van der Waals surface area (Å²) in [6.45, 7) is -0.593. The number of halogens is 5. The van der Waals surface area contributed by atoms with Crippen molar-refractivity contribution >= 4 is 52.5 Å². The Morgan fingerprint density at radius 1 is 1.00 bits per heavy atom. The number of benzene rings is 3. The van der Waals surface area contributed by atoms with E-state index in [1.807, 2.05) is 0 Å². The third-order valence-corrected chi connectivity index (χ3v) is 6.99. The predicted molar refractivity (Wildman–Crippen MR) is 153 cm³/mol. The maximum absolute atomic E-state index is 13.5. The first-order valence-electron chi connectivity index (χ1n) is 12.1. The normalized spacial score (nSPS) is 11.2. The van der Waals surface area contributed by atoms with Crippen LogP contribution in [-0.4, -0.2) is 46.0 Å². The SMILES string of the molecule is COc1ccc(NC(=O)CSc2nnc(CNC(=O)COc3ccc(Cl)cc3Cl)n2-c2cccc(C(F)(F)F)c2)cc1. The molecular weight excluding hydrogens is 618 g/mol. The number of alkyl halides is 3. The van der Waals surface area contributed by atoms with Gasteiger partial charge in [0.05, 0.1) is 35.7 Å². The van der Waals surface area contributed by atoms with Gasteiger partial charge >= 0.3 is 6.18 Å². The number of nitrogens with zero attached hydrogens (tertiary/aromatic N) is 3. The fraction of sp³-hybridized carbons (Fsp3) is 0.185. The van der Waals surface area contributed by atoms with E-state index in [-0.39, 0.29) is 45.6 Å². The molecule has 0 aliphatic heterocycles. The average Bonchev–Trinajstić information content (AvgIpc) is 3.37. The van der Waals surface area contributed by atoms with Gasteiger partial charge in [-0.2, -0.15) is 13.2 Å². The third kappa shape index (κ3) is 8.30. The standard InChI is InChI=1S/C27H22Cl2F3N5O4S/c1-40-20-8-6-18(7-9-20)34-25(39)15-42-26-36-35-23(37(26)19-4-2-3-16(11-19)27(30,31)32)13-33-24(38)14-41-22-10-5-17(28)12-21(22)29/h2-12H,13-15H2,1H3,(H,33,38)(H,34,39). The molecule has 0 saturated carbocycles. The Balaban J connectivity index is 1.48. The van der Waals surface area contributed by atoms with E-state index >= 15 is 0 Å². The Hall–Kier alpha value is -3.94. The zero-order chi connectivity index (χ0) is 30.3. The Bertz CT molecular complexity index is 1570. The molecule has 15 heteroatoms. The van der Waals surface area contributed by atoms with Crippen molar-refractivity contribution in [3.8, 4) is 17.2 Å². The van der Waals surface area contributed by atoms with Gasteiger partial charge in [-0.25, -0.2) is 0 Å². The Labute approximate surface area is 252 Å². The highest BCUT2D eigenvalue weighted by Gasteiger charge is 2.31. The second kappa shape index (κ2) is 13.8. The van der Waals surface area contributed by atoms with E-state index in [0.717, 1.165) is 23.9 Å². The van der Waals surface area contributed by atoms with Crippen molar-refractivity contribution in [3.05, 3.63) is 88.2 Å². The van der Waals surface area contributed by atoms with Gasteiger partial charge in [0.2, 0.25) is 5.91 Å². The van der Waals surface area contributed by atoms with Crippen molar-refractivity contribution in [2.24, 2.45) is 0 Å². The zero-order valence-electron chi connectivity index (χ0n) is 21.7. The zero-order valence-corrected chi connectivity index (χ0v) is 24.1. The van der Waals surface area contributed by atoms with Crippen molar-refractivity contribution in [1.29, 1.82) is 0 Å². The molecule has 0 aliphatic rings. The molecule has 0 bridgehead atoms. The van der Waals surface area contributed by atoms with E-state index in [9.17, 15) is 22.8 Å². The van der Waals surface area contributed by atoms with Crippen LogP contribution in [0.5, 0.6) is 11.5 Å². The summed E-state index contributed by atoms with van der Waals surface area (Å²) in [7, 11) is 1.52. The molecule has 1 aromatic heterocycles. The molecule has 42 heavy (non-hydrogen) atoms. The second-order valence-electron chi connectivity index (χ2n) is 8.49. The highest BCUT2D eigenvalue weighted by molar-refractivity contribution is 7.99. The highest BCUT2D eigenvalue weighted by Crippen LogP contribution is 2.32. The van der Waals surface area contributed by atoms with E-state index in [2.05, 4.69) is 20.8 Å². The van der Waals surface area contributed by atoms with Crippen LogP contribution < -0.4 is 20.1 Å². The second-order valence-corrected chi connectivity index (χ2v) is 10.3. The monoisotopic (exact) mass is 639 g/mol. The Kier molecular flexibility index (Phi) is 10.2. The molecule has 220 valence electrons. The van der Waals surface area contributed by atoms with Crippen LogP contribution in [0.4, 0.5) is 18.9 Å². The predicted octanol–water partition coefficient (Wildman–Crippen LogP) is 6.03. The number of methoxy groups -OCH3 is 1. The van der Waals surface area contributed by atoms with Crippen molar-refractivity contribution < 1.29 is 32.2 Å². The number of aromatic nitrogens is 3. The summed E-state index contributed by atoms with van der Waals surface area (Å²) < 4.78 is 52.2. The lowest BCUT2D eigenvalue weighted by Crippen LogP contribution is -2.29. The number of carbonyl (C=O) groups excluding carboxylic acids is 2.